The zero-order valence-electron chi connectivity index (χ0n) is 16.8. The van der Waals surface area contributed by atoms with Crippen molar-refractivity contribution in [3.63, 3.8) is 0 Å². The van der Waals surface area contributed by atoms with Crippen LogP contribution in [0.4, 0.5) is 20.2 Å². The first kappa shape index (κ1) is 21.8. The van der Waals surface area contributed by atoms with E-state index in [2.05, 4.69) is 4.98 Å². The largest absolute Gasteiger partial charge is 0.398 e. The molecule has 32 heavy (non-hydrogen) atoms. The Hall–Kier alpha value is -3.46. The second-order valence-electron chi connectivity index (χ2n) is 7.37. The standard InChI is InChI=1S/C23H19F2N3O3S/c24-23(25)8-10-32(31)21-18(23)4-1-5-20(21)28(22(30)16-3-2-9-27-12-16)13-15-6-7-17(14-29)19(26)11-15/h1-7,9,11-12,14H,8,10,13,26H2. The van der Waals surface area contributed by atoms with Crippen molar-refractivity contribution in [3.8, 4) is 0 Å². The molecule has 2 aromatic carbocycles. The van der Waals surface area contributed by atoms with Crippen molar-refractivity contribution in [1.82, 2.24) is 4.98 Å². The number of amides is 1. The number of carbonyl (C=O) groups is 2. The SMILES string of the molecule is Nc1cc(CN(C(=O)c2cccnc2)c2cccc3c2S(=O)CCC3(F)F)ccc1C=O. The number of carbonyl (C=O) groups excluding carboxylic acids is 2. The lowest BCUT2D eigenvalue weighted by atomic mass is 10.0. The summed E-state index contributed by atoms with van der Waals surface area (Å²) in [6, 6.07) is 12.0. The van der Waals surface area contributed by atoms with E-state index in [4.69, 9.17) is 5.73 Å². The Morgan fingerprint density at radius 3 is 2.72 bits per heavy atom. The summed E-state index contributed by atoms with van der Waals surface area (Å²) in [6.07, 6.45) is 2.99. The lowest BCUT2D eigenvalue weighted by molar-refractivity contribution is -0.0120. The van der Waals surface area contributed by atoms with Crippen LogP contribution in [0.2, 0.25) is 0 Å². The lowest BCUT2D eigenvalue weighted by Crippen LogP contribution is -2.34. The number of anilines is 2. The highest BCUT2D eigenvalue weighted by atomic mass is 32.2. The van der Waals surface area contributed by atoms with Crippen LogP contribution in [0.5, 0.6) is 0 Å². The van der Waals surface area contributed by atoms with Crippen LogP contribution < -0.4 is 10.6 Å². The smallest absolute Gasteiger partial charge is 0.275 e. The molecule has 9 heteroatoms. The summed E-state index contributed by atoms with van der Waals surface area (Å²) in [7, 11) is -1.69. The molecule has 4 rings (SSSR count). The number of hydrogen-bond donors (Lipinski definition) is 1. The minimum atomic E-state index is -3.14. The molecule has 1 aliphatic rings. The summed E-state index contributed by atoms with van der Waals surface area (Å²) in [5.74, 6) is -3.83. The van der Waals surface area contributed by atoms with E-state index in [-0.39, 0.29) is 39.7 Å². The zero-order chi connectivity index (χ0) is 22.9. The maximum Gasteiger partial charge on any atom is 0.275 e. The monoisotopic (exact) mass is 455 g/mol. The molecular weight excluding hydrogens is 436 g/mol. The van der Waals surface area contributed by atoms with Gasteiger partial charge in [-0.25, -0.2) is 8.78 Å². The molecule has 1 unspecified atom stereocenters. The molecule has 2 heterocycles. The third-order valence-electron chi connectivity index (χ3n) is 5.28. The van der Waals surface area contributed by atoms with Gasteiger partial charge in [-0.15, -0.1) is 0 Å². The summed E-state index contributed by atoms with van der Waals surface area (Å²) in [4.78, 5) is 29.7. The van der Waals surface area contributed by atoms with Crippen LogP contribution in [0.25, 0.3) is 0 Å². The first-order valence-electron chi connectivity index (χ1n) is 9.77. The molecule has 2 N–H and O–H groups in total. The van der Waals surface area contributed by atoms with Gasteiger partial charge >= 0.3 is 0 Å². The van der Waals surface area contributed by atoms with Crippen molar-refractivity contribution in [2.75, 3.05) is 16.4 Å². The molecule has 6 nitrogen and oxygen atoms in total. The van der Waals surface area contributed by atoms with Gasteiger partial charge in [0.1, 0.15) is 0 Å². The van der Waals surface area contributed by atoms with Crippen molar-refractivity contribution >= 4 is 34.4 Å². The number of aldehydes is 1. The van der Waals surface area contributed by atoms with Gasteiger partial charge in [-0.05, 0) is 35.9 Å². The third kappa shape index (κ3) is 4.03. The van der Waals surface area contributed by atoms with E-state index in [9.17, 15) is 22.6 Å². The second-order valence-corrected chi connectivity index (χ2v) is 8.88. The average molecular weight is 455 g/mol. The van der Waals surface area contributed by atoms with Crippen LogP contribution in [-0.4, -0.2) is 27.1 Å². The Labute approximate surface area is 185 Å². The van der Waals surface area contributed by atoms with Crippen molar-refractivity contribution in [2.24, 2.45) is 0 Å². The summed E-state index contributed by atoms with van der Waals surface area (Å²) >= 11 is 0. The lowest BCUT2D eigenvalue weighted by Gasteiger charge is -2.31. The number of nitrogens with two attached hydrogens (primary N) is 1. The minimum absolute atomic E-state index is 0.0315. The van der Waals surface area contributed by atoms with Gasteiger partial charge in [0.05, 0.1) is 33.5 Å². The maximum absolute atomic E-state index is 14.6. The molecule has 0 spiro atoms. The number of hydrogen-bond acceptors (Lipinski definition) is 5. The van der Waals surface area contributed by atoms with E-state index in [1.54, 1.807) is 24.3 Å². The molecule has 0 saturated heterocycles. The number of pyridine rings is 1. The van der Waals surface area contributed by atoms with Crippen molar-refractivity contribution in [2.45, 2.75) is 23.8 Å². The predicted octanol–water partition coefficient (Wildman–Crippen LogP) is 3.93. The number of alkyl halides is 2. The Balaban J connectivity index is 1.86. The fraction of sp³-hybridized carbons (Fsp3) is 0.174. The Morgan fingerprint density at radius 2 is 2.03 bits per heavy atom. The normalized spacial score (nSPS) is 16.8. The maximum atomic E-state index is 14.6. The minimum Gasteiger partial charge on any atom is -0.398 e. The first-order valence-corrected chi connectivity index (χ1v) is 11.1. The predicted molar refractivity (Wildman–Crippen MR) is 117 cm³/mol. The van der Waals surface area contributed by atoms with Crippen LogP contribution in [0.15, 0.2) is 65.8 Å². The number of rotatable bonds is 5. The van der Waals surface area contributed by atoms with E-state index < -0.39 is 29.1 Å². The van der Waals surface area contributed by atoms with Gasteiger partial charge in [-0.2, -0.15) is 0 Å². The molecule has 1 aromatic heterocycles. The Bertz CT molecular complexity index is 1220. The van der Waals surface area contributed by atoms with Gasteiger partial charge in [0.15, 0.2) is 6.29 Å². The molecule has 1 amide bonds. The number of aromatic nitrogens is 1. The van der Waals surface area contributed by atoms with Crippen molar-refractivity contribution < 1.29 is 22.6 Å². The van der Waals surface area contributed by atoms with Crippen LogP contribution >= 0.6 is 0 Å². The zero-order valence-corrected chi connectivity index (χ0v) is 17.6. The summed E-state index contributed by atoms with van der Waals surface area (Å²) in [5.41, 5.74) is 7.08. The molecular formula is C23H19F2N3O3S. The number of nitrogen functional groups attached to an aromatic ring is 1. The van der Waals surface area contributed by atoms with E-state index in [0.717, 1.165) is 0 Å². The second kappa shape index (κ2) is 8.58. The molecule has 1 aliphatic heterocycles. The van der Waals surface area contributed by atoms with E-state index in [0.29, 0.717) is 17.4 Å². The topological polar surface area (TPSA) is 93.4 Å². The fourth-order valence-electron chi connectivity index (χ4n) is 3.65. The first-order chi connectivity index (χ1) is 15.3. The molecule has 164 valence electrons. The van der Waals surface area contributed by atoms with E-state index in [1.165, 1.54) is 41.6 Å². The van der Waals surface area contributed by atoms with Gasteiger partial charge in [-0.3, -0.25) is 18.8 Å². The highest BCUT2D eigenvalue weighted by Crippen LogP contribution is 2.44. The van der Waals surface area contributed by atoms with Crippen LogP contribution in [0.3, 0.4) is 0 Å². The molecule has 3 aromatic rings. The molecule has 0 radical (unpaired) electrons. The van der Waals surface area contributed by atoms with Crippen LogP contribution in [0, 0.1) is 0 Å². The van der Waals surface area contributed by atoms with Gasteiger partial charge in [0, 0.05) is 41.4 Å². The van der Waals surface area contributed by atoms with Crippen LogP contribution in [-0.2, 0) is 23.3 Å². The summed E-state index contributed by atoms with van der Waals surface area (Å²) < 4.78 is 42.0. The van der Waals surface area contributed by atoms with Gasteiger partial charge in [0.2, 0.25) is 0 Å². The summed E-state index contributed by atoms with van der Waals surface area (Å²) in [5, 5.41) is 0. The quantitative estimate of drug-likeness (QED) is 0.465. The molecule has 0 aliphatic carbocycles. The molecule has 1 atom stereocenters. The average Bonchev–Trinajstić information content (AvgIpc) is 2.80. The highest BCUT2D eigenvalue weighted by Gasteiger charge is 2.41. The van der Waals surface area contributed by atoms with Crippen molar-refractivity contribution in [3.05, 3.63) is 83.2 Å². The van der Waals surface area contributed by atoms with Crippen LogP contribution in [0.1, 0.15) is 38.3 Å². The highest BCUT2D eigenvalue weighted by molar-refractivity contribution is 7.85. The Morgan fingerprint density at radius 1 is 1.22 bits per heavy atom. The van der Waals surface area contributed by atoms with E-state index >= 15 is 0 Å². The molecule has 0 saturated carbocycles. The van der Waals surface area contributed by atoms with Crippen molar-refractivity contribution in [1.29, 1.82) is 0 Å². The number of halogens is 2. The van der Waals surface area contributed by atoms with Gasteiger partial charge in [0.25, 0.3) is 11.8 Å². The fourth-order valence-corrected chi connectivity index (χ4v) is 5.17. The number of fused-ring (bicyclic) bond motifs is 1. The molecule has 0 bridgehead atoms. The molecule has 0 fully saturated rings. The van der Waals surface area contributed by atoms with E-state index in [1.807, 2.05) is 0 Å². The van der Waals surface area contributed by atoms with Gasteiger partial charge in [-0.1, -0.05) is 18.2 Å². The Kier molecular flexibility index (Phi) is 5.84. The third-order valence-corrected chi connectivity index (χ3v) is 6.74. The number of benzene rings is 2. The number of nitrogens with zero attached hydrogens (tertiary/aromatic N) is 2. The van der Waals surface area contributed by atoms with Gasteiger partial charge < -0.3 is 10.6 Å². The summed E-state index contributed by atoms with van der Waals surface area (Å²) in [6.45, 7) is -0.0315.